The molecule has 0 aliphatic rings. The van der Waals surface area contributed by atoms with E-state index < -0.39 is 11.5 Å². The molecule has 0 aliphatic carbocycles. The van der Waals surface area contributed by atoms with Crippen molar-refractivity contribution in [1.29, 1.82) is 0 Å². The van der Waals surface area contributed by atoms with Crippen molar-refractivity contribution >= 4 is 11.7 Å². The van der Waals surface area contributed by atoms with Crippen molar-refractivity contribution in [2.45, 2.75) is 26.3 Å². The summed E-state index contributed by atoms with van der Waals surface area (Å²) in [6, 6.07) is 7.89. The van der Waals surface area contributed by atoms with Crippen molar-refractivity contribution in [2.75, 3.05) is 12.3 Å². The van der Waals surface area contributed by atoms with Crippen LogP contribution in [-0.4, -0.2) is 27.8 Å². The molecule has 0 heterocycles. The van der Waals surface area contributed by atoms with Crippen LogP contribution in [0.5, 0.6) is 11.5 Å². The number of hydrogen-bond donors (Lipinski definition) is 5. The molecule has 0 radical (unpaired) electrons. The minimum atomic E-state index is -1.82. The standard InChI is InChI=1S/C18H22N2O4/c1-4-20-18(17(23)24,12-7-5-10(2)9-14(12)21)13-8-6-11(3)15(19)16(13)22/h5-9,20-22H,4,19H2,1-3H3,(H,23,24). The molecule has 0 spiro atoms. The molecule has 2 aromatic rings. The molecular weight excluding hydrogens is 308 g/mol. The van der Waals surface area contributed by atoms with Gasteiger partial charge in [-0.2, -0.15) is 0 Å². The van der Waals surface area contributed by atoms with Crippen LogP contribution in [0.2, 0.25) is 0 Å². The van der Waals surface area contributed by atoms with Gasteiger partial charge in [0.05, 0.1) is 5.69 Å². The number of carboxylic acid groups (broad SMARTS) is 1. The van der Waals surface area contributed by atoms with E-state index in [1.54, 1.807) is 32.9 Å². The van der Waals surface area contributed by atoms with Gasteiger partial charge in [0.1, 0.15) is 11.5 Å². The Hall–Kier alpha value is -2.73. The number of hydrogen-bond acceptors (Lipinski definition) is 5. The van der Waals surface area contributed by atoms with Crippen LogP contribution in [0.3, 0.4) is 0 Å². The Kier molecular flexibility index (Phi) is 4.71. The Morgan fingerprint density at radius 3 is 2.33 bits per heavy atom. The Bertz CT molecular complexity index is 789. The summed E-state index contributed by atoms with van der Waals surface area (Å²) in [7, 11) is 0. The largest absolute Gasteiger partial charge is 0.508 e. The Labute approximate surface area is 140 Å². The lowest BCUT2D eigenvalue weighted by Gasteiger charge is -2.33. The summed E-state index contributed by atoms with van der Waals surface area (Å²) in [6.07, 6.45) is 0. The number of likely N-dealkylation sites (N-methyl/N-ethyl adjacent to an activating group) is 1. The van der Waals surface area contributed by atoms with Gasteiger partial charge in [-0.3, -0.25) is 5.32 Å². The van der Waals surface area contributed by atoms with E-state index in [1.165, 1.54) is 18.2 Å². The van der Waals surface area contributed by atoms with Gasteiger partial charge in [-0.05, 0) is 37.6 Å². The van der Waals surface area contributed by atoms with Gasteiger partial charge in [-0.15, -0.1) is 0 Å². The number of nitrogens with two attached hydrogens (primary N) is 1. The molecule has 0 bridgehead atoms. The lowest BCUT2D eigenvalue weighted by atomic mass is 9.80. The van der Waals surface area contributed by atoms with Gasteiger partial charge in [0, 0.05) is 11.1 Å². The first-order chi connectivity index (χ1) is 11.3. The number of carboxylic acids is 1. The molecule has 2 aromatic carbocycles. The number of phenols is 2. The summed E-state index contributed by atoms with van der Waals surface area (Å²) < 4.78 is 0. The first kappa shape index (κ1) is 17.6. The van der Waals surface area contributed by atoms with Crippen LogP contribution in [0, 0.1) is 13.8 Å². The van der Waals surface area contributed by atoms with E-state index in [9.17, 15) is 20.1 Å². The molecular formula is C18H22N2O4. The van der Waals surface area contributed by atoms with Crippen LogP contribution in [0.25, 0.3) is 0 Å². The third kappa shape index (κ3) is 2.65. The SMILES string of the molecule is CCNC(C(=O)O)(c1ccc(C)cc1O)c1ccc(C)c(N)c1O. The molecule has 1 unspecified atom stereocenters. The zero-order valence-corrected chi connectivity index (χ0v) is 13.9. The monoisotopic (exact) mass is 330 g/mol. The van der Waals surface area contributed by atoms with Crippen molar-refractivity contribution < 1.29 is 20.1 Å². The zero-order chi connectivity index (χ0) is 18.1. The van der Waals surface area contributed by atoms with Crippen LogP contribution in [0.1, 0.15) is 29.2 Å². The number of carbonyl (C=O) groups is 1. The van der Waals surface area contributed by atoms with Gasteiger partial charge in [0.2, 0.25) is 0 Å². The fourth-order valence-electron chi connectivity index (χ4n) is 2.88. The molecule has 0 amide bonds. The highest BCUT2D eigenvalue weighted by atomic mass is 16.4. The van der Waals surface area contributed by atoms with E-state index in [0.29, 0.717) is 12.1 Å². The van der Waals surface area contributed by atoms with Crippen molar-refractivity contribution in [3.05, 3.63) is 52.6 Å². The fraction of sp³-hybridized carbons (Fsp3) is 0.278. The summed E-state index contributed by atoms with van der Waals surface area (Å²) >= 11 is 0. The number of phenolic OH excluding ortho intramolecular Hbond substituents is 2. The first-order valence-corrected chi connectivity index (χ1v) is 7.62. The summed E-state index contributed by atoms with van der Waals surface area (Å²) in [4.78, 5) is 12.3. The molecule has 6 heteroatoms. The van der Waals surface area contributed by atoms with E-state index in [2.05, 4.69) is 5.32 Å². The quantitative estimate of drug-likeness (QED) is 0.424. The molecule has 6 nitrogen and oxygen atoms in total. The summed E-state index contributed by atoms with van der Waals surface area (Å²) in [5, 5.41) is 33.8. The third-order valence-corrected chi connectivity index (χ3v) is 4.16. The maximum absolute atomic E-state index is 12.3. The minimum Gasteiger partial charge on any atom is -0.508 e. The number of nitrogen functional groups attached to an aromatic ring is 1. The fourth-order valence-corrected chi connectivity index (χ4v) is 2.88. The smallest absolute Gasteiger partial charge is 0.333 e. The highest BCUT2D eigenvalue weighted by Crippen LogP contribution is 2.42. The second kappa shape index (κ2) is 6.41. The van der Waals surface area contributed by atoms with Gasteiger partial charge >= 0.3 is 5.97 Å². The predicted octanol–water partition coefficient (Wildman–Crippen LogP) is 2.23. The lowest BCUT2D eigenvalue weighted by Crippen LogP contribution is -2.50. The second-order valence-electron chi connectivity index (χ2n) is 5.80. The van der Waals surface area contributed by atoms with Crippen LogP contribution in [-0.2, 0) is 10.3 Å². The number of benzene rings is 2. The zero-order valence-electron chi connectivity index (χ0n) is 13.9. The third-order valence-electron chi connectivity index (χ3n) is 4.16. The average Bonchev–Trinajstić information content (AvgIpc) is 2.51. The van der Waals surface area contributed by atoms with Crippen LogP contribution >= 0.6 is 0 Å². The van der Waals surface area contributed by atoms with Crippen molar-refractivity contribution in [3.8, 4) is 11.5 Å². The summed E-state index contributed by atoms with van der Waals surface area (Å²) in [6.45, 7) is 5.56. The van der Waals surface area contributed by atoms with Gasteiger partial charge < -0.3 is 21.1 Å². The summed E-state index contributed by atoms with van der Waals surface area (Å²) in [5.74, 6) is -1.72. The topological polar surface area (TPSA) is 116 Å². The van der Waals surface area contributed by atoms with Crippen molar-refractivity contribution in [3.63, 3.8) is 0 Å². The van der Waals surface area contributed by atoms with E-state index in [1.807, 2.05) is 0 Å². The number of aryl methyl sites for hydroxylation is 2. The lowest BCUT2D eigenvalue weighted by molar-refractivity contribution is -0.143. The molecule has 1 atom stereocenters. The van der Waals surface area contributed by atoms with Crippen LogP contribution in [0.4, 0.5) is 5.69 Å². The molecule has 128 valence electrons. The second-order valence-corrected chi connectivity index (χ2v) is 5.80. The van der Waals surface area contributed by atoms with E-state index in [4.69, 9.17) is 5.73 Å². The number of aromatic hydroxyl groups is 2. The van der Waals surface area contributed by atoms with Crippen molar-refractivity contribution in [1.82, 2.24) is 5.32 Å². The highest BCUT2D eigenvalue weighted by Gasteiger charge is 2.45. The Morgan fingerprint density at radius 2 is 1.79 bits per heavy atom. The minimum absolute atomic E-state index is 0.0825. The van der Waals surface area contributed by atoms with Gasteiger partial charge in [0.25, 0.3) is 0 Å². The average molecular weight is 330 g/mol. The van der Waals surface area contributed by atoms with Crippen LogP contribution in [0.15, 0.2) is 30.3 Å². The van der Waals surface area contributed by atoms with E-state index in [0.717, 1.165) is 5.56 Å². The predicted molar refractivity (Wildman–Crippen MR) is 92.2 cm³/mol. The Balaban J connectivity index is 2.87. The summed E-state index contributed by atoms with van der Waals surface area (Å²) in [5.41, 5.74) is 5.83. The first-order valence-electron chi connectivity index (χ1n) is 7.62. The molecule has 0 aliphatic heterocycles. The van der Waals surface area contributed by atoms with E-state index >= 15 is 0 Å². The van der Waals surface area contributed by atoms with Gasteiger partial charge in [-0.1, -0.05) is 31.2 Å². The molecule has 0 fully saturated rings. The van der Waals surface area contributed by atoms with Crippen LogP contribution < -0.4 is 11.1 Å². The molecule has 0 saturated heterocycles. The Morgan fingerprint density at radius 1 is 1.17 bits per heavy atom. The molecule has 6 N–H and O–H groups in total. The number of nitrogens with one attached hydrogen (secondary N) is 1. The number of aliphatic carboxylic acids is 1. The molecule has 24 heavy (non-hydrogen) atoms. The van der Waals surface area contributed by atoms with Crippen molar-refractivity contribution in [2.24, 2.45) is 0 Å². The molecule has 2 rings (SSSR count). The van der Waals surface area contributed by atoms with Gasteiger partial charge in [-0.25, -0.2) is 4.79 Å². The highest BCUT2D eigenvalue weighted by molar-refractivity contribution is 5.88. The maximum Gasteiger partial charge on any atom is 0.333 e. The maximum atomic E-state index is 12.3. The number of rotatable bonds is 5. The van der Waals surface area contributed by atoms with E-state index in [-0.39, 0.29) is 28.3 Å². The van der Waals surface area contributed by atoms with Gasteiger partial charge in [0.15, 0.2) is 5.54 Å². The number of anilines is 1. The molecule has 0 aromatic heterocycles. The normalized spacial score (nSPS) is 13.5. The molecule has 0 saturated carbocycles.